The van der Waals surface area contributed by atoms with Gasteiger partial charge in [0.25, 0.3) is 0 Å². The quantitative estimate of drug-likeness (QED) is 0.696. The van der Waals surface area contributed by atoms with E-state index in [4.69, 9.17) is 0 Å². The van der Waals surface area contributed by atoms with Crippen molar-refractivity contribution in [2.45, 2.75) is 51.6 Å². The van der Waals surface area contributed by atoms with Crippen molar-refractivity contribution in [2.24, 2.45) is 0 Å². The maximum atomic E-state index is 3.65. The minimum absolute atomic E-state index is 0.609. The van der Waals surface area contributed by atoms with Gasteiger partial charge >= 0.3 is 0 Å². The van der Waals surface area contributed by atoms with Gasteiger partial charge in [-0.2, -0.15) is 0 Å². The van der Waals surface area contributed by atoms with Crippen molar-refractivity contribution in [3.8, 4) is 0 Å². The second-order valence-corrected chi connectivity index (χ2v) is 5.30. The fraction of sp³-hybridized carbons (Fsp3) is 0.571. The third-order valence-electron chi connectivity index (χ3n) is 3.85. The van der Waals surface area contributed by atoms with Gasteiger partial charge in [-0.15, -0.1) is 0 Å². The molecule has 2 heterocycles. The molecule has 0 spiro atoms. The molecule has 0 unspecified atom stereocenters. The van der Waals surface area contributed by atoms with Gasteiger partial charge < -0.3 is 10.6 Å². The molecule has 0 aliphatic carbocycles. The standard InChI is InChI=1S/C14H20N2/c1-9-3-5-11-7-8-12-6-4-10(2)16-14(12)13(11)15-9/h7-10,15-16H,3-6H2,1-2H3/t9-,10-/m0/s1. The summed E-state index contributed by atoms with van der Waals surface area (Å²) in [4.78, 5) is 0. The second kappa shape index (κ2) is 3.69. The zero-order chi connectivity index (χ0) is 11.1. The van der Waals surface area contributed by atoms with E-state index >= 15 is 0 Å². The Morgan fingerprint density at radius 2 is 1.31 bits per heavy atom. The molecule has 0 amide bonds. The first-order valence-electron chi connectivity index (χ1n) is 6.42. The molecule has 0 fully saturated rings. The van der Waals surface area contributed by atoms with Crippen molar-refractivity contribution in [3.63, 3.8) is 0 Å². The molecule has 0 aromatic heterocycles. The van der Waals surface area contributed by atoms with Gasteiger partial charge in [-0.05, 0) is 50.7 Å². The molecule has 86 valence electrons. The average molecular weight is 216 g/mol. The molecule has 1 aromatic carbocycles. The SMILES string of the molecule is C[C@H]1CCc2ccc3c(c2N1)N[C@@H](C)CC3. The van der Waals surface area contributed by atoms with Crippen molar-refractivity contribution < 1.29 is 0 Å². The molecular formula is C14H20N2. The number of nitrogens with one attached hydrogen (secondary N) is 2. The Morgan fingerprint density at radius 3 is 1.75 bits per heavy atom. The molecule has 0 saturated heterocycles. The number of hydrogen-bond donors (Lipinski definition) is 2. The summed E-state index contributed by atoms with van der Waals surface area (Å²) in [6, 6.07) is 5.84. The number of hydrogen-bond acceptors (Lipinski definition) is 2. The van der Waals surface area contributed by atoms with Crippen molar-refractivity contribution in [1.82, 2.24) is 0 Å². The first-order valence-corrected chi connectivity index (χ1v) is 6.42. The topological polar surface area (TPSA) is 24.1 Å². The number of benzene rings is 1. The first-order chi connectivity index (χ1) is 7.74. The van der Waals surface area contributed by atoms with Crippen molar-refractivity contribution >= 4 is 11.4 Å². The summed E-state index contributed by atoms with van der Waals surface area (Å²) in [5, 5.41) is 7.29. The Kier molecular flexibility index (Phi) is 2.31. The van der Waals surface area contributed by atoms with E-state index in [9.17, 15) is 0 Å². The number of anilines is 2. The smallest absolute Gasteiger partial charge is 0.0613 e. The Hall–Kier alpha value is -1.18. The van der Waals surface area contributed by atoms with Gasteiger partial charge in [0.1, 0.15) is 0 Å². The van der Waals surface area contributed by atoms with Gasteiger partial charge in [-0.1, -0.05) is 12.1 Å². The number of rotatable bonds is 0. The summed E-state index contributed by atoms with van der Waals surface area (Å²) in [6.07, 6.45) is 4.93. The molecule has 0 radical (unpaired) electrons. The molecule has 2 heteroatoms. The molecule has 16 heavy (non-hydrogen) atoms. The second-order valence-electron chi connectivity index (χ2n) is 5.30. The maximum Gasteiger partial charge on any atom is 0.0613 e. The summed E-state index contributed by atoms with van der Waals surface area (Å²) >= 11 is 0. The van der Waals surface area contributed by atoms with Crippen molar-refractivity contribution in [2.75, 3.05) is 10.6 Å². The minimum Gasteiger partial charge on any atom is -0.381 e. The van der Waals surface area contributed by atoms with E-state index in [0.717, 1.165) is 0 Å². The van der Waals surface area contributed by atoms with Crippen LogP contribution in [-0.4, -0.2) is 12.1 Å². The molecule has 1 aromatic rings. The Balaban J connectivity index is 2.06. The zero-order valence-corrected chi connectivity index (χ0v) is 10.1. The summed E-state index contributed by atoms with van der Waals surface area (Å²) in [5.74, 6) is 0. The normalized spacial score (nSPS) is 27.4. The van der Waals surface area contributed by atoms with E-state index in [-0.39, 0.29) is 0 Å². The van der Waals surface area contributed by atoms with Gasteiger partial charge in [0.2, 0.25) is 0 Å². The van der Waals surface area contributed by atoms with Crippen LogP contribution in [0.25, 0.3) is 0 Å². The average Bonchev–Trinajstić information content (AvgIpc) is 2.29. The van der Waals surface area contributed by atoms with E-state index in [2.05, 4.69) is 36.6 Å². The summed E-state index contributed by atoms with van der Waals surface area (Å²) < 4.78 is 0. The van der Waals surface area contributed by atoms with Gasteiger partial charge in [-0.3, -0.25) is 0 Å². The van der Waals surface area contributed by atoms with Crippen LogP contribution in [0.5, 0.6) is 0 Å². The first kappa shape index (κ1) is 10.0. The highest BCUT2D eigenvalue weighted by Gasteiger charge is 2.23. The molecular weight excluding hydrogens is 196 g/mol. The van der Waals surface area contributed by atoms with Crippen LogP contribution in [-0.2, 0) is 12.8 Å². The van der Waals surface area contributed by atoms with E-state index in [1.807, 2.05) is 0 Å². The van der Waals surface area contributed by atoms with Crippen LogP contribution >= 0.6 is 0 Å². The van der Waals surface area contributed by atoms with Gasteiger partial charge in [0.15, 0.2) is 0 Å². The fourth-order valence-corrected chi connectivity index (χ4v) is 2.82. The van der Waals surface area contributed by atoms with Crippen molar-refractivity contribution in [3.05, 3.63) is 23.3 Å². The predicted molar refractivity (Wildman–Crippen MR) is 69.3 cm³/mol. The highest BCUT2D eigenvalue weighted by molar-refractivity contribution is 5.78. The van der Waals surface area contributed by atoms with Crippen LogP contribution < -0.4 is 10.6 Å². The molecule has 2 nitrogen and oxygen atoms in total. The lowest BCUT2D eigenvalue weighted by Gasteiger charge is -2.32. The Labute approximate surface area is 97.4 Å². The lowest BCUT2D eigenvalue weighted by Crippen LogP contribution is -2.27. The lowest BCUT2D eigenvalue weighted by molar-refractivity contribution is 0.662. The van der Waals surface area contributed by atoms with E-state index < -0.39 is 0 Å². The van der Waals surface area contributed by atoms with Gasteiger partial charge in [0, 0.05) is 12.1 Å². The molecule has 0 saturated carbocycles. The monoisotopic (exact) mass is 216 g/mol. The van der Waals surface area contributed by atoms with Crippen LogP contribution in [0.15, 0.2) is 12.1 Å². The van der Waals surface area contributed by atoms with E-state index in [1.165, 1.54) is 48.2 Å². The summed E-state index contributed by atoms with van der Waals surface area (Å²) in [6.45, 7) is 4.54. The Bertz CT molecular complexity index is 372. The third kappa shape index (κ3) is 1.57. The van der Waals surface area contributed by atoms with Crippen molar-refractivity contribution in [1.29, 1.82) is 0 Å². The minimum atomic E-state index is 0.609. The molecule has 3 rings (SSSR count). The van der Waals surface area contributed by atoms with Gasteiger partial charge in [-0.25, -0.2) is 0 Å². The summed E-state index contributed by atoms with van der Waals surface area (Å²) in [5.41, 5.74) is 5.72. The maximum absolute atomic E-state index is 3.65. The van der Waals surface area contributed by atoms with Crippen LogP contribution in [0.4, 0.5) is 11.4 Å². The van der Waals surface area contributed by atoms with E-state index in [0.29, 0.717) is 12.1 Å². The molecule has 2 aliphatic rings. The zero-order valence-electron chi connectivity index (χ0n) is 10.1. The summed E-state index contributed by atoms with van der Waals surface area (Å²) in [7, 11) is 0. The van der Waals surface area contributed by atoms with Crippen LogP contribution in [0, 0.1) is 0 Å². The van der Waals surface area contributed by atoms with E-state index in [1.54, 1.807) is 0 Å². The molecule has 2 N–H and O–H groups in total. The molecule has 2 atom stereocenters. The predicted octanol–water partition coefficient (Wildman–Crippen LogP) is 3.18. The number of aryl methyl sites for hydroxylation is 2. The van der Waals surface area contributed by atoms with Crippen LogP contribution in [0.3, 0.4) is 0 Å². The number of fused-ring (bicyclic) bond motifs is 3. The lowest BCUT2D eigenvalue weighted by atomic mass is 9.91. The molecule has 0 bridgehead atoms. The van der Waals surface area contributed by atoms with Gasteiger partial charge in [0.05, 0.1) is 11.4 Å². The Morgan fingerprint density at radius 1 is 0.875 bits per heavy atom. The third-order valence-corrected chi connectivity index (χ3v) is 3.85. The fourth-order valence-electron chi connectivity index (χ4n) is 2.82. The largest absolute Gasteiger partial charge is 0.381 e. The van der Waals surface area contributed by atoms with Crippen LogP contribution in [0.2, 0.25) is 0 Å². The highest BCUT2D eigenvalue weighted by Crippen LogP contribution is 2.38. The van der Waals surface area contributed by atoms with Crippen LogP contribution in [0.1, 0.15) is 37.8 Å². The molecule has 2 aliphatic heterocycles. The highest BCUT2D eigenvalue weighted by atomic mass is 15.0.